The largest absolute Gasteiger partial charge is 0.508 e. The molecule has 19 nitrogen and oxygen atoms in total. The standard InChI is InChI=1S/C30H48N10O9S/c1-15(31)25(45)36-16(2)26(46)37-20(10-12-50-3)28(48)40-22(14-23(42)43)29(49)38-19(5-4-11-35-30(33)34)27(47)39-21(24(32)44)13-17-6-8-18(41)9-7-17/h6-9,15-16,19-22,41H,4-5,10-14,31H2,1-3H3,(H2,32,44)(H,36,45)(H,37,46)(H,38,49)(H,39,47)(H,40,48)(H,42,43)(H4,33,34,35)/t15-,16-,19-,20-,21-,22-/m0/s1. The Morgan fingerprint density at radius 1 is 0.760 bits per heavy atom. The zero-order valence-electron chi connectivity index (χ0n) is 28.1. The number of amides is 6. The van der Waals surface area contributed by atoms with Crippen molar-refractivity contribution in [3.8, 4) is 5.75 Å². The summed E-state index contributed by atoms with van der Waals surface area (Å²) in [5, 5.41) is 31.2. The third kappa shape index (κ3) is 16.3. The van der Waals surface area contributed by atoms with Crippen molar-refractivity contribution in [2.75, 3.05) is 18.6 Å². The molecule has 6 amide bonds. The number of aliphatic imine (C=N–C) groups is 1. The number of benzene rings is 1. The van der Waals surface area contributed by atoms with Crippen LogP contribution in [-0.2, 0) is 40.0 Å². The Kier molecular flexibility index (Phi) is 18.7. The van der Waals surface area contributed by atoms with Crippen LogP contribution in [0.25, 0.3) is 0 Å². The lowest BCUT2D eigenvalue weighted by atomic mass is 10.0. The van der Waals surface area contributed by atoms with Crippen LogP contribution in [0, 0.1) is 0 Å². The highest BCUT2D eigenvalue weighted by molar-refractivity contribution is 7.98. The van der Waals surface area contributed by atoms with Crippen LogP contribution in [0.4, 0.5) is 0 Å². The number of nitrogens with two attached hydrogens (primary N) is 4. The molecule has 0 aromatic heterocycles. The van der Waals surface area contributed by atoms with Crippen molar-refractivity contribution in [2.45, 2.75) is 82.2 Å². The average Bonchev–Trinajstić information content (AvgIpc) is 3.03. The van der Waals surface area contributed by atoms with Gasteiger partial charge in [0.25, 0.3) is 0 Å². The van der Waals surface area contributed by atoms with Crippen LogP contribution in [0.3, 0.4) is 0 Å². The molecule has 0 saturated heterocycles. The predicted molar refractivity (Wildman–Crippen MR) is 185 cm³/mol. The van der Waals surface area contributed by atoms with Gasteiger partial charge in [0.15, 0.2) is 5.96 Å². The van der Waals surface area contributed by atoms with E-state index in [1.807, 2.05) is 0 Å². The van der Waals surface area contributed by atoms with E-state index in [4.69, 9.17) is 22.9 Å². The maximum atomic E-state index is 13.5. The fraction of sp³-hybridized carbons (Fsp3) is 0.533. The van der Waals surface area contributed by atoms with E-state index in [1.54, 1.807) is 6.26 Å². The number of thioether (sulfide) groups is 1. The molecule has 0 unspecified atom stereocenters. The zero-order valence-corrected chi connectivity index (χ0v) is 29.0. The Bertz CT molecular complexity index is 1370. The topological polar surface area (TPSA) is 337 Å². The fourth-order valence-electron chi connectivity index (χ4n) is 4.28. The minimum absolute atomic E-state index is 0.0156. The summed E-state index contributed by atoms with van der Waals surface area (Å²) in [6.07, 6.45) is 0.976. The minimum atomic E-state index is -1.71. The van der Waals surface area contributed by atoms with Crippen LogP contribution in [-0.4, -0.2) is 112 Å². The van der Waals surface area contributed by atoms with E-state index in [-0.39, 0.29) is 43.9 Å². The van der Waals surface area contributed by atoms with Crippen LogP contribution in [0.15, 0.2) is 29.3 Å². The number of guanidine groups is 1. The van der Waals surface area contributed by atoms with Gasteiger partial charge in [-0.3, -0.25) is 38.6 Å². The molecule has 0 aliphatic carbocycles. The molecule has 0 fully saturated rings. The van der Waals surface area contributed by atoms with E-state index in [9.17, 15) is 43.8 Å². The smallest absolute Gasteiger partial charge is 0.305 e. The molecule has 278 valence electrons. The molecule has 0 radical (unpaired) electrons. The number of carboxylic acids is 1. The van der Waals surface area contributed by atoms with Gasteiger partial charge in [-0.1, -0.05) is 12.1 Å². The van der Waals surface area contributed by atoms with E-state index in [0.717, 1.165) is 0 Å². The zero-order chi connectivity index (χ0) is 38.0. The van der Waals surface area contributed by atoms with Gasteiger partial charge < -0.3 is 59.7 Å². The highest BCUT2D eigenvalue weighted by Gasteiger charge is 2.33. The monoisotopic (exact) mass is 724 g/mol. The molecule has 1 aromatic carbocycles. The summed E-state index contributed by atoms with van der Waals surface area (Å²) in [6, 6.07) is -1.69. The number of carbonyl (C=O) groups is 7. The lowest BCUT2D eigenvalue weighted by Gasteiger charge is -2.26. The van der Waals surface area contributed by atoms with Gasteiger partial charge >= 0.3 is 5.97 Å². The summed E-state index contributed by atoms with van der Waals surface area (Å²) in [7, 11) is 0. The molecule has 0 heterocycles. The van der Waals surface area contributed by atoms with E-state index in [2.05, 4.69) is 31.6 Å². The first-order valence-corrected chi connectivity index (χ1v) is 16.9. The van der Waals surface area contributed by atoms with Crippen molar-refractivity contribution >= 4 is 59.1 Å². The Labute approximate surface area is 293 Å². The van der Waals surface area contributed by atoms with Crippen molar-refractivity contribution in [1.29, 1.82) is 0 Å². The predicted octanol–water partition coefficient (Wildman–Crippen LogP) is -3.51. The number of hydrogen-bond acceptors (Lipinski definition) is 11. The van der Waals surface area contributed by atoms with Gasteiger partial charge in [-0.25, -0.2) is 0 Å². The number of hydrogen-bond donors (Lipinski definition) is 11. The molecule has 15 N–H and O–H groups in total. The Morgan fingerprint density at radius 2 is 1.28 bits per heavy atom. The third-order valence-corrected chi connectivity index (χ3v) is 7.68. The molecular formula is C30H48N10O9S. The van der Waals surface area contributed by atoms with E-state index < -0.39 is 84.1 Å². The first-order chi connectivity index (χ1) is 23.4. The van der Waals surface area contributed by atoms with Gasteiger partial charge in [-0.05, 0) is 62.8 Å². The number of phenolic OH excluding ortho intramolecular Hbond substituents is 1. The summed E-state index contributed by atoms with van der Waals surface area (Å²) < 4.78 is 0. The van der Waals surface area contributed by atoms with Gasteiger partial charge in [-0.2, -0.15) is 11.8 Å². The molecule has 0 saturated carbocycles. The van der Waals surface area contributed by atoms with Crippen molar-refractivity contribution < 1.29 is 43.8 Å². The lowest BCUT2D eigenvalue weighted by molar-refractivity contribution is -0.141. The number of aliphatic carboxylic acids is 1. The number of carboxylic acid groups (broad SMARTS) is 1. The van der Waals surface area contributed by atoms with E-state index in [0.29, 0.717) is 11.3 Å². The molecule has 50 heavy (non-hydrogen) atoms. The Hall–Kier alpha value is -5.11. The van der Waals surface area contributed by atoms with Crippen LogP contribution in [0.1, 0.15) is 45.1 Å². The fourth-order valence-corrected chi connectivity index (χ4v) is 4.75. The molecule has 0 bridgehead atoms. The number of rotatable bonds is 22. The minimum Gasteiger partial charge on any atom is -0.508 e. The SMILES string of the molecule is CSCC[C@H](NC(=O)[C@H](C)NC(=O)[C@H](C)N)C(=O)N[C@@H](CC(=O)O)C(=O)N[C@@H](CCCN=C(N)N)C(=O)N[C@@H](Cc1ccc(O)cc1)C(N)=O. The first kappa shape index (κ1) is 42.9. The average molecular weight is 725 g/mol. The second kappa shape index (κ2) is 21.8. The van der Waals surface area contributed by atoms with Crippen molar-refractivity contribution in [3.63, 3.8) is 0 Å². The highest BCUT2D eigenvalue weighted by Crippen LogP contribution is 2.12. The summed E-state index contributed by atoms with van der Waals surface area (Å²) >= 11 is 1.36. The molecular weight excluding hydrogens is 676 g/mol. The summed E-state index contributed by atoms with van der Waals surface area (Å²) in [5.41, 5.74) is 22.3. The van der Waals surface area contributed by atoms with Gasteiger partial charge in [0.1, 0.15) is 36.0 Å². The van der Waals surface area contributed by atoms with Crippen LogP contribution in [0.2, 0.25) is 0 Å². The number of nitrogens with zero attached hydrogens (tertiary/aromatic N) is 1. The number of nitrogens with one attached hydrogen (secondary N) is 5. The second-order valence-corrected chi connectivity index (χ2v) is 12.4. The van der Waals surface area contributed by atoms with E-state index in [1.165, 1.54) is 49.9 Å². The molecule has 0 aliphatic rings. The van der Waals surface area contributed by atoms with Crippen LogP contribution >= 0.6 is 11.8 Å². The van der Waals surface area contributed by atoms with Crippen LogP contribution < -0.4 is 49.5 Å². The number of primary amides is 1. The van der Waals surface area contributed by atoms with Gasteiger partial charge in [0, 0.05) is 13.0 Å². The Balaban J connectivity index is 3.22. The van der Waals surface area contributed by atoms with Gasteiger partial charge in [-0.15, -0.1) is 0 Å². The molecule has 0 spiro atoms. The lowest BCUT2D eigenvalue weighted by Crippen LogP contribution is -2.59. The summed E-state index contributed by atoms with van der Waals surface area (Å²) in [4.78, 5) is 92.7. The number of aromatic hydroxyl groups is 1. The van der Waals surface area contributed by atoms with Gasteiger partial charge in [0.2, 0.25) is 35.4 Å². The number of carbonyl (C=O) groups excluding carboxylic acids is 6. The first-order valence-electron chi connectivity index (χ1n) is 15.6. The molecule has 20 heteroatoms. The van der Waals surface area contributed by atoms with Crippen molar-refractivity contribution in [2.24, 2.45) is 27.9 Å². The maximum Gasteiger partial charge on any atom is 0.305 e. The third-order valence-electron chi connectivity index (χ3n) is 7.04. The van der Waals surface area contributed by atoms with Gasteiger partial charge in [0.05, 0.1) is 12.5 Å². The van der Waals surface area contributed by atoms with Crippen molar-refractivity contribution in [3.05, 3.63) is 29.8 Å². The molecule has 1 aromatic rings. The second-order valence-electron chi connectivity index (χ2n) is 11.4. The number of phenols is 1. The normalized spacial score (nSPS) is 14.3. The van der Waals surface area contributed by atoms with E-state index >= 15 is 0 Å². The summed E-state index contributed by atoms with van der Waals surface area (Å²) in [5.74, 6) is -6.31. The highest BCUT2D eigenvalue weighted by atomic mass is 32.2. The summed E-state index contributed by atoms with van der Waals surface area (Å²) in [6.45, 7) is 2.87. The Morgan fingerprint density at radius 3 is 1.80 bits per heavy atom. The molecule has 1 rings (SSSR count). The molecule has 6 atom stereocenters. The van der Waals surface area contributed by atoms with Crippen LogP contribution in [0.5, 0.6) is 5.75 Å². The van der Waals surface area contributed by atoms with Crippen molar-refractivity contribution in [1.82, 2.24) is 26.6 Å². The molecule has 0 aliphatic heterocycles. The quantitative estimate of drug-likeness (QED) is 0.0314. The maximum absolute atomic E-state index is 13.5.